The van der Waals surface area contributed by atoms with Crippen LogP contribution in [0.1, 0.15) is 65.7 Å². The largest absolute Gasteiger partial charge is 0.301 e. The summed E-state index contributed by atoms with van der Waals surface area (Å²) in [5.74, 6) is 0.531. The summed E-state index contributed by atoms with van der Waals surface area (Å²) in [5, 5.41) is 13.4. The van der Waals surface area contributed by atoms with E-state index in [-0.39, 0.29) is 11.1 Å². The van der Waals surface area contributed by atoms with Crippen LogP contribution in [-0.2, 0) is 0 Å². The molecule has 0 aromatic carbocycles. The van der Waals surface area contributed by atoms with E-state index < -0.39 is 0 Å². The highest BCUT2D eigenvalue weighted by atomic mass is 15.2. The number of nitrogens with zero attached hydrogens (tertiary/aromatic N) is 2. The van der Waals surface area contributed by atoms with Crippen molar-refractivity contribution in [1.82, 2.24) is 10.2 Å². The van der Waals surface area contributed by atoms with Crippen molar-refractivity contribution in [3.05, 3.63) is 0 Å². The molecule has 0 radical (unpaired) electrons. The van der Waals surface area contributed by atoms with E-state index in [1.165, 1.54) is 25.7 Å². The van der Waals surface area contributed by atoms with Crippen molar-refractivity contribution in [3.63, 3.8) is 0 Å². The maximum atomic E-state index is 9.71. The molecule has 114 valence electrons. The molecule has 0 aliphatic heterocycles. The zero-order chi connectivity index (χ0) is 14.8. The smallest absolute Gasteiger partial charge is 0.109 e. The zero-order valence-corrected chi connectivity index (χ0v) is 13.7. The first-order valence-electron chi connectivity index (χ1n) is 8.34. The lowest BCUT2D eigenvalue weighted by Gasteiger charge is -2.37. The Hall–Kier alpha value is -0.590. The van der Waals surface area contributed by atoms with Crippen LogP contribution in [0.3, 0.4) is 0 Å². The molecule has 3 heteroatoms. The Kier molecular flexibility index (Phi) is 4.76. The van der Waals surface area contributed by atoms with Gasteiger partial charge in [0.15, 0.2) is 0 Å². The quantitative estimate of drug-likeness (QED) is 0.776. The molecular weight excluding hydrogens is 246 g/mol. The molecule has 0 heterocycles. The molecule has 3 nitrogen and oxygen atoms in total. The molecule has 2 rings (SSSR count). The number of hydrogen-bond acceptors (Lipinski definition) is 3. The van der Waals surface area contributed by atoms with Crippen molar-refractivity contribution in [3.8, 4) is 6.07 Å². The maximum absolute atomic E-state index is 9.71. The Balaban J connectivity index is 1.92. The van der Waals surface area contributed by atoms with Crippen molar-refractivity contribution >= 4 is 0 Å². The van der Waals surface area contributed by atoms with Crippen LogP contribution < -0.4 is 5.32 Å². The van der Waals surface area contributed by atoms with Gasteiger partial charge in [-0.3, -0.25) is 5.32 Å². The summed E-state index contributed by atoms with van der Waals surface area (Å²) in [6, 6.07) is 3.27. The molecule has 2 atom stereocenters. The molecule has 0 bridgehead atoms. The second-order valence-corrected chi connectivity index (χ2v) is 7.47. The average Bonchev–Trinajstić information content (AvgIpc) is 3.15. The third-order valence-corrected chi connectivity index (χ3v) is 5.77. The van der Waals surface area contributed by atoms with E-state index in [1.54, 1.807) is 0 Å². The highest BCUT2D eigenvalue weighted by molar-refractivity contribution is 5.16. The van der Waals surface area contributed by atoms with Crippen LogP contribution in [0.2, 0.25) is 0 Å². The first-order chi connectivity index (χ1) is 9.43. The van der Waals surface area contributed by atoms with E-state index in [2.05, 4.69) is 44.1 Å². The fourth-order valence-corrected chi connectivity index (χ4v) is 3.35. The third-order valence-electron chi connectivity index (χ3n) is 5.77. The van der Waals surface area contributed by atoms with Crippen LogP contribution in [0.15, 0.2) is 0 Å². The molecule has 0 saturated heterocycles. The summed E-state index contributed by atoms with van der Waals surface area (Å²) in [5.41, 5.74) is 0.0379. The second-order valence-electron chi connectivity index (χ2n) is 7.47. The molecule has 2 saturated carbocycles. The van der Waals surface area contributed by atoms with E-state index in [9.17, 15) is 5.26 Å². The highest BCUT2D eigenvalue weighted by Crippen LogP contribution is 2.40. The highest BCUT2D eigenvalue weighted by Gasteiger charge is 2.45. The molecule has 0 aromatic heterocycles. The average molecular weight is 277 g/mol. The number of rotatable bonds is 7. The van der Waals surface area contributed by atoms with Crippen LogP contribution >= 0.6 is 0 Å². The number of hydrogen-bond donors (Lipinski definition) is 1. The molecule has 2 aliphatic carbocycles. The van der Waals surface area contributed by atoms with E-state index in [4.69, 9.17) is 0 Å². The molecule has 2 fully saturated rings. The van der Waals surface area contributed by atoms with Crippen molar-refractivity contribution in [2.45, 2.75) is 82.8 Å². The van der Waals surface area contributed by atoms with Gasteiger partial charge in [-0.2, -0.15) is 5.26 Å². The number of nitrogens with one attached hydrogen (secondary N) is 1. The Bertz CT molecular complexity index is 367. The molecule has 2 aliphatic rings. The summed E-state index contributed by atoms with van der Waals surface area (Å²) in [7, 11) is 2.22. The van der Waals surface area contributed by atoms with Gasteiger partial charge in [-0.1, -0.05) is 13.3 Å². The Morgan fingerprint density at radius 3 is 2.60 bits per heavy atom. The number of nitriles is 1. The SMILES string of the molecule is CCC(C)(C)N(C)CCC1CCCC1(C#N)NC1CC1. The molecule has 0 spiro atoms. The van der Waals surface area contributed by atoms with Crippen LogP contribution in [-0.4, -0.2) is 35.6 Å². The van der Waals surface area contributed by atoms with Gasteiger partial charge in [-0.05, 0) is 71.9 Å². The second kappa shape index (κ2) is 6.03. The normalized spacial score (nSPS) is 30.7. The van der Waals surface area contributed by atoms with Gasteiger partial charge in [0.2, 0.25) is 0 Å². The fourth-order valence-electron chi connectivity index (χ4n) is 3.35. The summed E-state index contributed by atoms with van der Waals surface area (Å²) in [6.07, 6.45) is 8.31. The van der Waals surface area contributed by atoms with Crippen LogP contribution in [0, 0.1) is 17.2 Å². The van der Waals surface area contributed by atoms with Gasteiger partial charge in [0.05, 0.1) is 6.07 Å². The van der Waals surface area contributed by atoms with Crippen molar-refractivity contribution < 1.29 is 0 Å². The molecule has 0 aromatic rings. The van der Waals surface area contributed by atoms with Gasteiger partial charge >= 0.3 is 0 Å². The molecule has 0 amide bonds. The van der Waals surface area contributed by atoms with Gasteiger partial charge in [0.1, 0.15) is 5.54 Å². The van der Waals surface area contributed by atoms with Crippen molar-refractivity contribution in [1.29, 1.82) is 5.26 Å². The summed E-state index contributed by atoms with van der Waals surface area (Å²) < 4.78 is 0. The first-order valence-corrected chi connectivity index (χ1v) is 8.34. The third kappa shape index (κ3) is 3.35. The van der Waals surface area contributed by atoms with Crippen LogP contribution in [0.25, 0.3) is 0 Å². The monoisotopic (exact) mass is 277 g/mol. The molecular formula is C17H31N3. The molecule has 2 unspecified atom stereocenters. The minimum atomic E-state index is -0.224. The Morgan fingerprint density at radius 1 is 1.35 bits per heavy atom. The standard InChI is InChI=1S/C17H31N3/c1-5-16(2,3)20(4)12-10-14-7-6-11-17(14,13-18)19-15-8-9-15/h14-15,19H,5-12H2,1-4H3. The fraction of sp³-hybridized carbons (Fsp3) is 0.941. The lowest BCUT2D eigenvalue weighted by atomic mass is 9.85. The Morgan fingerprint density at radius 2 is 2.05 bits per heavy atom. The predicted molar refractivity (Wildman–Crippen MR) is 83.5 cm³/mol. The van der Waals surface area contributed by atoms with Gasteiger partial charge in [-0.15, -0.1) is 0 Å². The summed E-state index contributed by atoms with van der Waals surface area (Å²) in [4.78, 5) is 2.46. The first kappa shape index (κ1) is 15.8. The van der Waals surface area contributed by atoms with E-state index in [1.807, 2.05) is 0 Å². The van der Waals surface area contributed by atoms with E-state index in [0.29, 0.717) is 12.0 Å². The van der Waals surface area contributed by atoms with Gasteiger partial charge in [0, 0.05) is 11.6 Å². The zero-order valence-electron chi connectivity index (χ0n) is 13.7. The lowest BCUT2D eigenvalue weighted by molar-refractivity contribution is 0.134. The van der Waals surface area contributed by atoms with E-state index in [0.717, 1.165) is 25.8 Å². The minimum Gasteiger partial charge on any atom is -0.301 e. The van der Waals surface area contributed by atoms with E-state index >= 15 is 0 Å². The summed E-state index contributed by atoms with van der Waals surface area (Å²) >= 11 is 0. The van der Waals surface area contributed by atoms with Gasteiger partial charge < -0.3 is 4.90 Å². The molecule has 20 heavy (non-hydrogen) atoms. The molecule has 1 N–H and O–H groups in total. The summed E-state index contributed by atoms with van der Waals surface area (Å²) in [6.45, 7) is 7.96. The topological polar surface area (TPSA) is 39.1 Å². The van der Waals surface area contributed by atoms with Gasteiger partial charge in [0.25, 0.3) is 0 Å². The van der Waals surface area contributed by atoms with Crippen LogP contribution in [0.4, 0.5) is 0 Å². The maximum Gasteiger partial charge on any atom is 0.109 e. The minimum absolute atomic E-state index is 0.224. The van der Waals surface area contributed by atoms with Crippen LogP contribution in [0.5, 0.6) is 0 Å². The van der Waals surface area contributed by atoms with Gasteiger partial charge in [-0.25, -0.2) is 0 Å². The van der Waals surface area contributed by atoms with Crippen molar-refractivity contribution in [2.24, 2.45) is 5.92 Å². The predicted octanol–water partition coefficient (Wildman–Crippen LogP) is 3.31. The lowest BCUT2D eigenvalue weighted by Crippen LogP contribution is -2.49. The van der Waals surface area contributed by atoms with Crippen molar-refractivity contribution in [2.75, 3.05) is 13.6 Å². The Labute approximate surface area is 124 Å².